The van der Waals surface area contributed by atoms with Gasteiger partial charge in [0.25, 0.3) is 5.91 Å². The van der Waals surface area contributed by atoms with Crippen molar-refractivity contribution in [2.24, 2.45) is 0 Å². The van der Waals surface area contributed by atoms with Crippen LogP contribution in [0.3, 0.4) is 0 Å². The first-order valence-electron chi connectivity index (χ1n) is 9.11. The van der Waals surface area contributed by atoms with Crippen molar-refractivity contribution >= 4 is 29.2 Å². The SMILES string of the molecule is C[C@@H](OC(=O)c1ccc(OC(F)F)cc1)C(=O)N1c2ccccc2NC(=O)C1(C)C. The van der Waals surface area contributed by atoms with Gasteiger partial charge in [0.2, 0.25) is 5.91 Å². The Kier molecular flexibility index (Phi) is 5.73. The molecule has 0 fully saturated rings. The minimum atomic E-state index is -2.98. The molecule has 0 unspecified atom stereocenters. The van der Waals surface area contributed by atoms with E-state index in [4.69, 9.17) is 4.74 Å². The molecule has 1 aliphatic rings. The van der Waals surface area contributed by atoms with Crippen molar-refractivity contribution in [1.29, 1.82) is 0 Å². The molecule has 7 nitrogen and oxygen atoms in total. The number of amides is 2. The molecular weight excluding hydrogens is 398 g/mol. The summed E-state index contributed by atoms with van der Waals surface area (Å²) in [5.41, 5.74) is -0.181. The van der Waals surface area contributed by atoms with E-state index in [9.17, 15) is 23.2 Å². The van der Waals surface area contributed by atoms with E-state index in [2.05, 4.69) is 10.1 Å². The molecule has 0 aliphatic carbocycles. The van der Waals surface area contributed by atoms with Crippen molar-refractivity contribution < 1.29 is 32.6 Å². The molecule has 3 rings (SSSR count). The largest absolute Gasteiger partial charge is 0.449 e. The van der Waals surface area contributed by atoms with Crippen LogP contribution >= 0.6 is 0 Å². The number of rotatable bonds is 5. The Bertz CT molecular complexity index is 976. The molecule has 0 radical (unpaired) electrons. The summed E-state index contributed by atoms with van der Waals surface area (Å²) >= 11 is 0. The van der Waals surface area contributed by atoms with Crippen molar-refractivity contribution in [1.82, 2.24) is 0 Å². The molecule has 2 aromatic carbocycles. The molecule has 158 valence electrons. The van der Waals surface area contributed by atoms with Crippen LogP contribution in [0.15, 0.2) is 48.5 Å². The van der Waals surface area contributed by atoms with Crippen LogP contribution in [0.25, 0.3) is 0 Å². The summed E-state index contributed by atoms with van der Waals surface area (Å²) in [4.78, 5) is 39.3. The third kappa shape index (κ3) is 4.10. The number of alkyl halides is 2. The molecule has 1 N–H and O–H groups in total. The standard InChI is InChI=1S/C21H20F2N2O5/c1-12(29-18(27)13-8-10-14(11-9-13)30-20(22)23)17(26)25-16-7-5-4-6-15(16)24-19(28)21(25,2)3/h4-12,20H,1-3H3,(H,24,28)/t12-/m1/s1. The molecule has 0 saturated carbocycles. The van der Waals surface area contributed by atoms with E-state index in [0.717, 1.165) is 0 Å². The Morgan fingerprint density at radius 1 is 1.07 bits per heavy atom. The third-order valence-corrected chi connectivity index (χ3v) is 4.67. The van der Waals surface area contributed by atoms with Crippen LogP contribution in [0.4, 0.5) is 20.2 Å². The van der Waals surface area contributed by atoms with Crippen molar-refractivity contribution in [2.45, 2.75) is 39.0 Å². The number of ether oxygens (including phenoxy) is 2. The average Bonchev–Trinajstić information content (AvgIpc) is 2.68. The van der Waals surface area contributed by atoms with E-state index < -0.39 is 30.1 Å². The number of hydrogen-bond acceptors (Lipinski definition) is 5. The second-order valence-electron chi connectivity index (χ2n) is 7.15. The number of nitrogens with zero attached hydrogens (tertiary/aromatic N) is 1. The summed E-state index contributed by atoms with van der Waals surface area (Å²) in [6, 6.07) is 11.7. The quantitative estimate of drug-likeness (QED) is 0.750. The number of halogens is 2. The van der Waals surface area contributed by atoms with Crippen LogP contribution in [-0.2, 0) is 14.3 Å². The number of anilines is 2. The number of benzene rings is 2. The lowest BCUT2D eigenvalue weighted by Crippen LogP contribution is -2.60. The van der Waals surface area contributed by atoms with Gasteiger partial charge in [-0.3, -0.25) is 14.5 Å². The monoisotopic (exact) mass is 418 g/mol. The topological polar surface area (TPSA) is 84.9 Å². The summed E-state index contributed by atoms with van der Waals surface area (Å²) in [5, 5.41) is 2.75. The lowest BCUT2D eigenvalue weighted by Gasteiger charge is -2.42. The molecule has 2 aromatic rings. The zero-order chi connectivity index (χ0) is 22.1. The smallest absolute Gasteiger partial charge is 0.387 e. The summed E-state index contributed by atoms with van der Waals surface area (Å²) < 4.78 is 34.0. The van der Waals surface area contributed by atoms with Gasteiger partial charge in [0.15, 0.2) is 6.10 Å². The summed E-state index contributed by atoms with van der Waals surface area (Å²) in [7, 11) is 0. The lowest BCUT2D eigenvalue weighted by molar-refractivity contribution is -0.131. The summed E-state index contributed by atoms with van der Waals surface area (Å²) in [5.74, 6) is -1.87. The van der Waals surface area contributed by atoms with Crippen LogP contribution in [0.2, 0.25) is 0 Å². The van der Waals surface area contributed by atoms with Crippen LogP contribution in [0.1, 0.15) is 31.1 Å². The molecule has 30 heavy (non-hydrogen) atoms. The number of carbonyl (C=O) groups excluding carboxylic acids is 3. The Morgan fingerprint density at radius 3 is 2.33 bits per heavy atom. The van der Waals surface area contributed by atoms with Gasteiger partial charge in [0.1, 0.15) is 11.3 Å². The number of fused-ring (bicyclic) bond motifs is 1. The maximum absolute atomic E-state index is 13.1. The highest BCUT2D eigenvalue weighted by molar-refractivity contribution is 6.15. The van der Waals surface area contributed by atoms with Crippen molar-refractivity contribution in [3.05, 3.63) is 54.1 Å². The van der Waals surface area contributed by atoms with Gasteiger partial charge >= 0.3 is 12.6 Å². The van der Waals surface area contributed by atoms with E-state index in [0.29, 0.717) is 11.4 Å². The molecule has 0 spiro atoms. The predicted octanol–water partition coefficient (Wildman–Crippen LogP) is 3.60. The highest BCUT2D eigenvalue weighted by atomic mass is 19.3. The van der Waals surface area contributed by atoms with E-state index >= 15 is 0 Å². The van der Waals surface area contributed by atoms with Crippen molar-refractivity contribution in [3.8, 4) is 5.75 Å². The maximum atomic E-state index is 13.1. The number of esters is 1. The third-order valence-electron chi connectivity index (χ3n) is 4.67. The minimum absolute atomic E-state index is 0.0623. The zero-order valence-electron chi connectivity index (χ0n) is 16.5. The second-order valence-corrected chi connectivity index (χ2v) is 7.15. The zero-order valence-corrected chi connectivity index (χ0v) is 16.5. The maximum Gasteiger partial charge on any atom is 0.387 e. The van der Waals surface area contributed by atoms with Gasteiger partial charge in [-0.1, -0.05) is 12.1 Å². The van der Waals surface area contributed by atoms with Crippen LogP contribution in [0, 0.1) is 0 Å². The minimum Gasteiger partial charge on any atom is -0.449 e. The summed E-state index contributed by atoms with van der Waals surface area (Å²) in [6.07, 6.45) is -1.20. The second kappa shape index (κ2) is 8.10. The molecular formula is C21H20F2N2O5. The number of hydrogen-bond donors (Lipinski definition) is 1. The molecule has 0 aromatic heterocycles. The number of nitrogens with one attached hydrogen (secondary N) is 1. The Labute approximate surface area is 171 Å². The molecule has 2 amide bonds. The van der Waals surface area contributed by atoms with Gasteiger partial charge in [0, 0.05) is 0 Å². The highest BCUT2D eigenvalue weighted by Crippen LogP contribution is 2.37. The van der Waals surface area contributed by atoms with Gasteiger partial charge in [-0.2, -0.15) is 8.78 Å². The fourth-order valence-electron chi connectivity index (χ4n) is 3.08. The normalized spacial score (nSPS) is 15.8. The van der Waals surface area contributed by atoms with Crippen LogP contribution in [-0.4, -0.2) is 36.0 Å². The first kappa shape index (κ1) is 21.2. The first-order chi connectivity index (χ1) is 14.1. The fourth-order valence-corrected chi connectivity index (χ4v) is 3.08. The average molecular weight is 418 g/mol. The number of carbonyl (C=O) groups is 3. The molecule has 9 heteroatoms. The Hall–Kier alpha value is -3.49. The van der Waals surface area contributed by atoms with Gasteiger partial charge in [-0.15, -0.1) is 0 Å². The van der Waals surface area contributed by atoms with Gasteiger partial charge < -0.3 is 14.8 Å². The van der Waals surface area contributed by atoms with E-state index in [1.165, 1.54) is 36.1 Å². The van der Waals surface area contributed by atoms with Crippen molar-refractivity contribution in [3.63, 3.8) is 0 Å². The fraction of sp³-hybridized carbons (Fsp3) is 0.286. The first-order valence-corrected chi connectivity index (χ1v) is 9.11. The summed E-state index contributed by atoms with van der Waals surface area (Å²) in [6.45, 7) is 1.60. The van der Waals surface area contributed by atoms with Gasteiger partial charge in [-0.05, 0) is 57.2 Å². The van der Waals surface area contributed by atoms with Gasteiger partial charge in [-0.25, -0.2) is 4.79 Å². The van der Waals surface area contributed by atoms with Gasteiger partial charge in [0.05, 0.1) is 16.9 Å². The molecule has 0 bridgehead atoms. The molecule has 0 saturated heterocycles. The molecule has 1 atom stereocenters. The Balaban J connectivity index is 1.78. The van der Waals surface area contributed by atoms with Crippen molar-refractivity contribution in [2.75, 3.05) is 10.2 Å². The predicted molar refractivity (Wildman–Crippen MR) is 105 cm³/mol. The van der Waals surface area contributed by atoms with E-state index in [-0.39, 0.29) is 17.2 Å². The highest BCUT2D eigenvalue weighted by Gasteiger charge is 2.45. The lowest BCUT2D eigenvalue weighted by atomic mass is 9.95. The molecule has 1 heterocycles. The van der Waals surface area contributed by atoms with E-state index in [1.807, 2.05) is 0 Å². The number of para-hydroxylation sites is 2. The molecule has 1 aliphatic heterocycles. The Morgan fingerprint density at radius 2 is 1.70 bits per heavy atom. The van der Waals surface area contributed by atoms with E-state index in [1.54, 1.807) is 38.1 Å². The van der Waals surface area contributed by atoms with Crippen LogP contribution < -0.4 is 15.0 Å². The van der Waals surface area contributed by atoms with Crippen LogP contribution in [0.5, 0.6) is 5.75 Å².